The summed E-state index contributed by atoms with van der Waals surface area (Å²) in [7, 11) is -3.23. The van der Waals surface area contributed by atoms with Crippen LogP contribution in [0.3, 0.4) is 0 Å². The van der Waals surface area contributed by atoms with Crippen molar-refractivity contribution in [2.45, 2.75) is 38.3 Å². The normalized spacial score (nSPS) is 16.7. The van der Waals surface area contributed by atoms with E-state index in [0.29, 0.717) is 87.7 Å². The highest BCUT2D eigenvalue weighted by Gasteiger charge is 2.36. The summed E-state index contributed by atoms with van der Waals surface area (Å²) in [6, 6.07) is 27.7. The van der Waals surface area contributed by atoms with E-state index in [1.165, 1.54) is 0 Å². The van der Waals surface area contributed by atoms with Crippen molar-refractivity contribution in [1.82, 2.24) is 18.8 Å². The highest BCUT2D eigenvalue weighted by Crippen LogP contribution is 2.43. The zero-order valence-corrected chi connectivity index (χ0v) is 32.9. The third-order valence-electron chi connectivity index (χ3n) is 10.6. The van der Waals surface area contributed by atoms with Gasteiger partial charge in [0.2, 0.25) is 10.0 Å². The predicted octanol–water partition coefficient (Wildman–Crippen LogP) is 9.40. The zero-order chi connectivity index (χ0) is 38.4. The van der Waals surface area contributed by atoms with Crippen LogP contribution in [0.4, 0.5) is 11.4 Å². The molecule has 0 bridgehead atoms. The summed E-state index contributed by atoms with van der Waals surface area (Å²) in [4.78, 5) is 25.2. The largest absolute Gasteiger partial charge is 0.370 e. The number of nitriles is 1. The van der Waals surface area contributed by atoms with Crippen molar-refractivity contribution in [3.63, 3.8) is 0 Å². The highest BCUT2D eigenvalue weighted by atomic mass is 35.5. The number of fused-ring (bicyclic) bond motifs is 1. The van der Waals surface area contributed by atoms with E-state index in [0.717, 1.165) is 22.2 Å². The quantitative estimate of drug-likeness (QED) is 0.158. The molecule has 6 aromatic rings. The Morgan fingerprint density at radius 1 is 0.964 bits per heavy atom. The van der Waals surface area contributed by atoms with Crippen molar-refractivity contribution >= 4 is 73.0 Å². The van der Waals surface area contributed by atoms with Crippen LogP contribution in [0.2, 0.25) is 15.1 Å². The first-order chi connectivity index (χ1) is 26.5. The second-order valence-electron chi connectivity index (χ2n) is 13.9. The van der Waals surface area contributed by atoms with E-state index in [1.807, 2.05) is 60.0 Å². The van der Waals surface area contributed by atoms with E-state index in [1.54, 1.807) is 47.0 Å². The summed E-state index contributed by atoms with van der Waals surface area (Å²) in [5.41, 5.74) is 6.18. The van der Waals surface area contributed by atoms with Crippen LogP contribution in [0.15, 0.2) is 91.3 Å². The van der Waals surface area contributed by atoms with Crippen molar-refractivity contribution in [2.24, 2.45) is 0 Å². The number of halogens is 3. The number of benzene rings is 4. The van der Waals surface area contributed by atoms with Crippen LogP contribution in [0.5, 0.6) is 0 Å². The number of nitrogens with zero attached hydrogens (tertiary/aromatic N) is 5. The fourth-order valence-corrected chi connectivity index (χ4v) is 10.5. The molecular formula is C41H36Cl3N7O3S. The minimum atomic E-state index is -3.23. The molecule has 4 heterocycles. The molecule has 10 nitrogen and oxygen atoms in total. The van der Waals surface area contributed by atoms with Crippen LogP contribution in [0, 0.1) is 11.3 Å². The van der Waals surface area contributed by atoms with Crippen LogP contribution in [-0.4, -0.2) is 64.6 Å². The average Bonchev–Trinajstić information content (AvgIpc) is 3.89. The fourth-order valence-electron chi connectivity index (χ4n) is 7.92. The number of rotatable bonds is 8. The number of imidazole rings is 1. The molecule has 2 aromatic heterocycles. The zero-order valence-electron chi connectivity index (χ0n) is 29.8. The van der Waals surface area contributed by atoms with Gasteiger partial charge >= 0.3 is 0 Å². The molecule has 2 saturated heterocycles. The Morgan fingerprint density at radius 3 is 2.42 bits per heavy atom. The van der Waals surface area contributed by atoms with Crippen LogP contribution in [0.1, 0.15) is 53.8 Å². The Kier molecular flexibility index (Phi) is 10.1. The molecular weight excluding hydrogens is 777 g/mol. The maximum atomic E-state index is 14.8. The van der Waals surface area contributed by atoms with E-state index in [-0.39, 0.29) is 23.5 Å². The monoisotopic (exact) mass is 811 g/mol. The summed E-state index contributed by atoms with van der Waals surface area (Å²) < 4.78 is 29.0. The number of aromatic amines is 1. The lowest BCUT2D eigenvalue weighted by Gasteiger charge is -2.37. The number of hydrogen-bond acceptors (Lipinski definition) is 6. The van der Waals surface area contributed by atoms with Crippen LogP contribution < -0.4 is 10.2 Å². The lowest BCUT2D eigenvalue weighted by atomic mass is 9.99. The van der Waals surface area contributed by atoms with Gasteiger partial charge in [-0.15, -0.1) is 0 Å². The van der Waals surface area contributed by atoms with Gasteiger partial charge in [0.25, 0.3) is 5.91 Å². The summed E-state index contributed by atoms with van der Waals surface area (Å²) in [5.74, 6) is -0.233. The Labute approximate surface area is 334 Å². The number of carbonyl (C=O) groups is 1. The number of anilines is 2. The summed E-state index contributed by atoms with van der Waals surface area (Å²) in [5, 5.41) is 15.3. The van der Waals surface area contributed by atoms with Crippen LogP contribution >= 0.6 is 34.8 Å². The number of amides is 1. The lowest BCUT2D eigenvalue weighted by molar-refractivity contribution is 0.102. The average molecular weight is 813 g/mol. The highest BCUT2D eigenvalue weighted by molar-refractivity contribution is 7.89. The fraction of sp³-hybridized carbons (Fsp3) is 0.244. The van der Waals surface area contributed by atoms with E-state index in [2.05, 4.69) is 21.3 Å². The summed E-state index contributed by atoms with van der Waals surface area (Å²) in [6.07, 6.45) is 3.72. The molecule has 2 fully saturated rings. The lowest BCUT2D eigenvalue weighted by Crippen LogP contribution is -2.45. The van der Waals surface area contributed by atoms with Gasteiger partial charge in [0.05, 0.1) is 52.5 Å². The molecule has 2 aliphatic rings. The van der Waals surface area contributed by atoms with Gasteiger partial charge in [0.15, 0.2) is 0 Å². The Hall–Kier alpha value is -4.83. The number of hydrogen-bond donors (Lipinski definition) is 2. The molecule has 14 heteroatoms. The van der Waals surface area contributed by atoms with E-state index in [4.69, 9.17) is 39.8 Å². The molecule has 0 radical (unpaired) electrons. The van der Waals surface area contributed by atoms with Gasteiger partial charge in [-0.25, -0.2) is 13.4 Å². The number of nitrogens with one attached hydrogen (secondary N) is 2. The minimum Gasteiger partial charge on any atom is -0.370 e. The van der Waals surface area contributed by atoms with Crippen LogP contribution in [-0.2, 0) is 10.0 Å². The van der Waals surface area contributed by atoms with Crippen molar-refractivity contribution in [2.75, 3.05) is 35.6 Å². The van der Waals surface area contributed by atoms with Gasteiger partial charge in [-0.05, 0) is 74.2 Å². The number of carbonyl (C=O) groups excluding carboxylic acids is 1. The van der Waals surface area contributed by atoms with Crippen molar-refractivity contribution in [3.05, 3.63) is 123 Å². The number of piperidine rings is 1. The Morgan fingerprint density at radius 2 is 1.71 bits per heavy atom. The number of aromatic nitrogens is 3. The maximum Gasteiger partial charge on any atom is 0.272 e. The molecule has 8 rings (SSSR count). The van der Waals surface area contributed by atoms with Crippen molar-refractivity contribution in [1.29, 1.82) is 5.26 Å². The van der Waals surface area contributed by atoms with Crippen LogP contribution in [0.25, 0.3) is 33.4 Å². The smallest absolute Gasteiger partial charge is 0.272 e. The van der Waals surface area contributed by atoms with Crippen molar-refractivity contribution in [3.8, 4) is 28.6 Å². The summed E-state index contributed by atoms with van der Waals surface area (Å²) >= 11 is 19.5. The van der Waals surface area contributed by atoms with Gasteiger partial charge in [-0.2, -0.15) is 9.57 Å². The first-order valence-electron chi connectivity index (χ1n) is 18.0. The molecule has 0 saturated carbocycles. The topological polar surface area (TPSA) is 127 Å². The molecule has 2 N–H and O–H groups in total. The van der Waals surface area contributed by atoms with E-state index < -0.39 is 15.9 Å². The molecule has 1 atom stereocenters. The molecule has 2 aliphatic heterocycles. The number of H-pyrrole nitrogens is 1. The standard InChI is InChI=1S/C41H36Cl3N7O3S/c1-25(31-11-9-28(42)21-33(31)44)50-24-46-38(27-6-3-2-4-7-27)40(50)37-32-12-10-29(43)22-34(32)47-39(37)41(52)48-35-20-26(23-45)8-13-36(35)49-17-14-30(15-18-49)51-16-5-19-55(51,53)54/h2-4,6-13,20-22,24-25,30,47H,5,14-19H2,1H3,(H,48,52)/t25-/m0/s1. The SMILES string of the molecule is C[C@@H](c1ccc(Cl)cc1Cl)n1cnc(-c2ccccc2)c1-c1c(C(=O)Nc2cc(C#N)ccc2N2CCC(N3CCCS3(=O)=O)CC2)[nH]c2cc(Cl)ccc12. The molecule has 55 heavy (non-hydrogen) atoms. The molecule has 0 aliphatic carbocycles. The van der Waals surface area contributed by atoms with Crippen molar-refractivity contribution < 1.29 is 13.2 Å². The first kappa shape index (κ1) is 37.1. The third-order valence-corrected chi connectivity index (χ3v) is 13.4. The second-order valence-corrected chi connectivity index (χ2v) is 17.2. The van der Waals surface area contributed by atoms with Gasteiger partial charge in [-0.3, -0.25) is 4.79 Å². The van der Waals surface area contributed by atoms with Gasteiger partial charge in [-0.1, -0.05) is 77.3 Å². The minimum absolute atomic E-state index is 0.0605. The molecule has 0 unspecified atom stereocenters. The predicted molar refractivity (Wildman–Crippen MR) is 220 cm³/mol. The van der Waals surface area contributed by atoms with E-state index in [9.17, 15) is 18.5 Å². The van der Waals surface area contributed by atoms with Gasteiger partial charge in [0.1, 0.15) is 5.69 Å². The number of sulfonamides is 1. The second kappa shape index (κ2) is 15.0. The van der Waals surface area contributed by atoms with E-state index >= 15 is 0 Å². The Balaban J connectivity index is 1.22. The Bertz CT molecular complexity index is 2590. The van der Waals surface area contributed by atoms with Gasteiger partial charge in [0, 0.05) is 62.8 Å². The third kappa shape index (κ3) is 7.10. The molecule has 1 amide bonds. The molecule has 280 valence electrons. The molecule has 4 aromatic carbocycles. The maximum absolute atomic E-state index is 14.8. The summed E-state index contributed by atoms with van der Waals surface area (Å²) in [6.45, 7) is 3.75. The van der Waals surface area contributed by atoms with Gasteiger partial charge < -0.3 is 19.8 Å². The molecule has 0 spiro atoms. The first-order valence-corrected chi connectivity index (χ1v) is 20.8.